The topological polar surface area (TPSA) is 15.3 Å². The van der Waals surface area contributed by atoms with Gasteiger partial charge in [-0.05, 0) is 56.5 Å². The van der Waals surface area contributed by atoms with Crippen LogP contribution in [0, 0.1) is 11.3 Å². The monoisotopic (exact) mass is 294 g/mol. The summed E-state index contributed by atoms with van der Waals surface area (Å²) in [6.07, 6.45) is 12.8. The Bertz CT molecular complexity index is 274. The van der Waals surface area contributed by atoms with Crippen LogP contribution < -0.4 is 5.32 Å². The second-order valence-electron chi connectivity index (χ2n) is 8.48. The molecule has 1 aliphatic carbocycles. The van der Waals surface area contributed by atoms with E-state index >= 15 is 0 Å². The molecule has 124 valence electrons. The van der Waals surface area contributed by atoms with E-state index in [1.165, 1.54) is 84.0 Å². The Morgan fingerprint density at radius 2 is 1.57 bits per heavy atom. The molecular weight excluding hydrogens is 256 g/mol. The van der Waals surface area contributed by atoms with Crippen LogP contribution in [0.4, 0.5) is 0 Å². The molecule has 1 saturated carbocycles. The molecule has 21 heavy (non-hydrogen) atoms. The molecule has 0 aromatic carbocycles. The average molecular weight is 295 g/mol. The first-order chi connectivity index (χ1) is 10.1. The highest BCUT2D eigenvalue weighted by molar-refractivity contribution is 4.79. The summed E-state index contributed by atoms with van der Waals surface area (Å²) in [6.45, 7) is 12.3. The second-order valence-corrected chi connectivity index (χ2v) is 8.48. The predicted octanol–water partition coefficient (Wildman–Crippen LogP) is 4.45. The van der Waals surface area contributed by atoms with Crippen LogP contribution in [0.5, 0.6) is 0 Å². The molecule has 0 bridgehead atoms. The first-order valence-corrected chi connectivity index (χ1v) is 9.51. The maximum atomic E-state index is 3.83. The van der Waals surface area contributed by atoms with E-state index in [0.29, 0.717) is 5.41 Å². The van der Waals surface area contributed by atoms with Gasteiger partial charge >= 0.3 is 0 Å². The van der Waals surface area contributed by atoms with Crippen molar-refractivity contribution in [3.8, 4) is 0 Å². The molecule has 1 unspecified atom stereocenters. The normalized spacial score (nSPS) is 27.3. The Labute approximate surface area is 133 Å². The summed E-state index contributed by atoms with van der Waals surface area (Å²) in [6, 6.07) is 0.807. The molecule has 1 heterocycles. The van der Waals surface area contributed by atoms with Gasteiger partial charge < -0.3 is 10.2 Å². The van der Waals surface area contributed by atoms with E-state index in [1.807, 2.05) is 0 Å². The maximum absolute atomic E-state index is 3.83. The third kappa shape index (κ3) is 6.28. The van der Waals surface area contributed by atoms with Gasteiger partial charge in [-0.3, -0.25) is 0 Å². The van der Waals surface area contributed by atoms with E-state index in [9.17, 15) is 0 Å². The molecule has 1 N–H and O–H groups in total. The summed E-state index contributed by atoms with van der Waals surface area (Å²) < 4.78 is 0. The summed E-state index contributed by atoms with van der Waals surface area (Å²) >= 11 is 0. The zero-order valence-corrected chi connectivity index (χ0v) is 14.8. The SMILES string of the molecule is CC(C)(C)C1CCCN(CCNC2CCCCCC2)CC1. The molecule has 0 aromatic heterocycles. The Hall–Kier alpha value is -0.0800. The smallest absolute Gasteiger partial charge is 0.0107 e. The molecule has 2 heteroatoms. The Morgan fingerprint density at radius 1 is 0.857 bits per heavy atom. The van der Waals surface area contributed by atoms with E-state index in [1.54, 1.807) is 0 Å². The Morgan fingerprint density at radius 3 is 2.24 bits per heavy atom. The number of hydrogen-bond acceptors (Lipinski definition) is 2. The van der Waals surface area contributed by atoms with E-state index in [2.05, 4.69) is 31.0 Å². The van der Waals surface area contributed by atoms with Crippen LogP contribution in [0.1, 0.15) is 78.6 Å². The van der Waals surface area contributed by atoms with Crippen LogP contribution in [0.15, 0.2) is 0 Å². The number of likely N-dealkylation sites (tertiary alicyclic amines) is 1. The van der Waals surface area contributed by atoms with Crippen molar-refractivity contribution >= 4 is 0 Å². The molecular formula is C19H38N2. The van der Waals surface area contributed by atoms with Crippen molar-refractivity contribution in [3.63, 3.8) is 0 Å². The predicted molar refractivity (Wildman–Crippen MR) is 92.7 cm³/mol. The largest absolute Gasteiger partial charge is 0.313 e. The molecule has 0 aromatic rings. The molecule has 1 saturated heterocycles. The highest BCUT2D eigenvalue weighted by Gasteiger charge is 2.26. The van der Waals surface area contributed by atoms with Crippen LogP contribution in [0.25, 0.3) is 0 Å². The third-order valence-electron chi connectivity index (χ3n) is 5.76. The minimum atomic E-state index is 0.495. The fraction of sp³-hybridized carbons (Fsp3) is 1.00. The van der Waals surface area contributed by atoms with Crippen LogP contribution in [0.2, 0.25) is 0 Å². The average Bonchev–Trinajstić information content (AvgIpc) is 2.80. The second kappa shape index (κ2) is 8.53. The van der Waals surface area contributed by atoms with Crippen molar-refractivity contribution < 1.29 is 0 Å². The van der Waals surface area contributed by atoms with Gasteiger partial charge in [-0.25, -0.2) is 0 Å². The van der Waals surface area contributed by atoms with Gasteiger partial charge in [0.05, 0.1) is 0 Å². The van der Waals surface area contributed by atoms with Crippen LogP contribution in [0.3, 0.4) is 0 Å². The Kier molecular flexibility index (Phi) is 7.01. The molecule has 1 atom stereocenters. The van der Waals surface area contributed by atoms with Gasteiger partial charge in [0.2, 0.25) is 0 Å². The molecule has 2 fully saturated rings. The lowest BCUT2D eigenvalue weighted by molar-refractivity contribution is 0.207. The first-order valence-electron chi connectivity index (χ1n) is 9.51. The lowest BCUT2D eigenvalue weighted by Gasteiger charge is -2.30. The van der Waals surface area contributed by atoms with Crippen molar-refractivity contribution in [1.82, 2.24) is 10.2 Å². The van der Waals surface area contributed by atoms with E-state index in [4.69, 9.17) is 0 Å². The highest BCUT2D eigenvalue weighted by atomic mass is 15.1. The summed E-state index contributed by atoms with van der Waals surface area (Å²) in [5.41, 5.74) is 0.495. The van der Waals surface area contributed by atoms with Gasteiger partial charge in [-0.2, -0.15) is 0 Å². The van der Waals surface area contributed by atoms with Crippen molar-refractivity contribution in [2.75, 3.05) is 26.2 Å². The summed E-state index contributed by atoms with van der Waals surface area (Å²) in [4.78, 5) is 2.70. The highest BCUT2D eigenvalue weighted by Crippen LogP contribution is 2.34. The third-order valence-corrected chi connectivity index (χ3v) is 5.76. The molecule has 0 amide bonds. The zero-order chi connectivity index (χ0) is 15.1. The van der Waals surface area contributed by atoms with Crippen molar-refractivity contribution in [3.05, 3.63) is 0 Å². The molecule has 0 spiro atoms. The standard InChI is InChI=1S/C19H38N2/c1-19(2,3)17-9-8-14-21(15-12-17)16-13-20-18-10-6-4-5-7-11-18/h17-18,20H,4-16H2,1-3H3. The fourth-order valence-corrected chi connectivity index (χ4v) is 4.16. The quantitative estimate of drug-likeness (QED) is 0.771. The summed E-state index contributed by atoms with van der Waals surface area (Å²) in [5, 5.41) is 3.83. The van der Waals surface area contributed by atoms with Gasteiger partial charge in [0.25, 0.3) is 0 Å². The van der Waals surface area contributed by atoms with Crippen molar-refractivity contribution in [2.24, 2.45) is 11.3 Å². The molecule has 1 aliphatic heterocycles. The van der Waals surface area contributed by atoms with E-state index < -0.39 is 0 Å². The van der Waals surface area contributed by atoms with Gasteiger partial charge in [-0.15, -0.1) is 0 Å². The van der Waals surface area contributed by atoms with E-state index in [0.717, 1.165) is 12.0 Å². The lowest BCUT2D eigenvalue weighted by Crippen LogP contribution is -2.37. The number of rotatable bonds is 4. The number of nitrogens with zero attached hydrogens (tertiary/aromatic N) is 1. The van der Waals surface area contributed by atoms with Gasteiger partial charge in [0, 0.05) is 19.1 Å². The zero-order valence-electron chi connectivity index (χ0n) is 14.8. The number of hydrogen-bond donors (Lipinski definition) is 1. The van der Waals surface area contributed by atoms with Crippen molar-refractivity contribution in [1.29, 1.82) is 0 Å². The number of nitrogens with one attached hydrogen (secondary N) is 1. The lowest BCUT2D eigenvalue weighted by atomic mass is 9.77. The minimum Gasteiger partial charge on any atom is -0.313 e. The molecule has 2 aliphatic rings. The van der Waals surface area contributed by atoms with Crippen molar-refractivity contribution in [2.45, 2.75) is 84.6 Å². The van der Waals surface area contributed by atoms with Gasteiger partial charge in [0.1, 0.15) is 0 Å². The Balaban J connectivity index is 1.64. The summed E-state index contributed by atoms with van der Waals surface area (Å²) in [5.74, 6) is 0.914. The van der Waals surface area contributed by atoms with Gasteiger partial charge in [-0.1, -0.05) is 46.5 Å². The van der Waals surface area contributed by atoms with Crippen LogP contribution >= 0.6 is 0 Å². The molecule has 2 nitrogen and oxygen atoms in total. The minimum absolute atomic E-state index is 0.495. The van der Waals surface area contributed by atoms with Crippen LogP contribution in [-0.4, -0.2) is 37.1 Å². The maximum Gasteiger partial charge on any atom is 0.0107 e. The van der Waals surface area contributed by atoms with E-state index in [-0.39, 0.29) is 0 Å². The van der Waals surface area contributed by atoms with Crippen LogP contribution in [-0.2, 0) is 0 Å². The fourth-order valence-electron chi connectivity index (χ4n) is 4.16. The first kappa shape index (κ1) is 17.3. The molecule has 2 rings (SSSR count). The summed E-state index contributed by atoms with van der Waals surface area (Å²) in [7, 11) is 0. The molecule has 0 radical (unpaired) electrons. The van der Waals surface area contributed by atoms with Gasteiger partial charge in [0.15, 0.2) is 0 Å².